The predicted molar refractivity (Wildman–Crippen MR) is 82.4 cm³/mol. The third-order valence-electron chi connectivity index (χ3n) is 6.00. The van der Waals surface area contributed by atoms with Crippen LogP contribution in [0.4, 0.5) is 0 Å². The van der Waals surface area contributed by atoms with Crippen LogP contribution in [0.15, 0.2) is 0 Å². The first-order chi connectivity index (χ1) is 10.4. The largest absolute Gasteiger partial charge is 0.452 e. The van der Waals surface area contributed by atoms with Crippen LogP contribution in [-0.4, -0.2) is 28.9 Å². The summed E-state index contributed by atoms with van der Waals surface area (Å²) in [5.74, 6) is 0.759. The van der Waals surface area contributed by atoms with E-state index in [2.05, 4.69) is 5.32 Å². The molecule has 5 heteroatoms. The molecule has 5 aliphatic carbocycles. The Morgan fingerprint density at radius 1 is 1.18 bits per heavy atom. The van der Waals surface area contributed by atoms with E-state index in [1.807, 2.05) is 0 Å². The fourth-order valence-corrected chi connectivity index (χ4v) is 5.97. The van der Waals surface area contributed by atoms with Gasteiger partial charge in [0.05, 0.1) is 5.41 Å². The molecule has 22 heavy (non-hydrogen) atoms. The van der Waals surface area contributed by atoms with Gasteiger partial charge in [-0.25, -0.2) is 0 Å². The van der Waals surface area contributed by atoms with E-state index in [0.29, 0.717) is 17.9 Å². The second-order valence-corrected chi connectivity index (χ2v) is 9.02. The summed E-state index contributed by atoms with van der Waals surface area (Å²) in [5.41, 5.74) is -0.431. The second-order valence-electron chi connectivity index (χ2n) is 8.22. The van der Waals surface area contributed by atoms with Crippen molar-refractivity contribution in [3.63, 3.8) is 0 Å². The topological polar surface area (TPSA) is 55.4 Å². The van der Waals surface area contributed by atoms with Crippen molar-refractivity contribution in [3.8, 4) is 0 Å². The Bertz CT molecular complexity index is 502. The predicted octanol–water partition coefficient (Wildman–Crippen LogP) is 2.77. The molecule has 5 aliphatic rings. The highest BCUT2D eigenvalue weighted by Gasteiger charge is 2.61. The van der Waals surface area contributed by atoms with Crippen molar-refractivity contribution in [3.05, 3.63) is 0 Å². The summed E-state index contributed by atoms with van der Waals surface area (Å²) in [6.07, 6.45) is 7.18. The molecule has 1 N–H and O–H groups in total. The van der Waals surface area contributed by atoms with Crippen LogP contribution < -0.4 is 5.32 Å². The number of hydrogen-bond acceptors (Lipinski definition) is 3. The molecule has 0 radical (unpaired) electrons. The lowest BCUT2D eigenvalue weighted by atomic mass is 9.49. The number of alkyl halides is 1. The molecule has 5 atom stereocenters. The fraction of sp³-hybridized carbons (Fsp3) is 0.882. The monoisotopic (exact) mass is 325 g/mol. The van der Waals surface area contributed by atoms with Crippen molar-refractivity contribution in [1.29, 1.82) is 0 Å². The first-order valence-corrected chi connectivity index (χ1v) is 8.96. The van der Waals surface area contributed by atoms with Crippen molar-refractivity contribution >= 4 is 23.5 Å². The number of hydrogen-bond donors (Lipinski definition) is 1. The standard InChI is InChI=1S/C17H24ClNO3/c1-10(14(20)19-13-2-3-13)22-15(21)16-5-11-4-12(6-16)8-17(18,7-11)9-16/h10-13H,2-9H2,1H3,(H,19,20)/t10-,11-,12+,16?,17?/m1/s1. The highest BCUT2D eigenvalue weighted by molar-refractivity contribution is 6.24. The highest BCUT2D eigenvalue weighted by Crippen LogP contribution is 2.64. The number of carbonyl (C=O) groups excluding carboxylic acids is 2. The normalized spacial score (nSPS) is 43.7. The van der Waals surface area contributed by atoms with Gasteiger partial charge in [-0.1, -0.05) is 0 Å². The van der Waals surface area contributed by atoms with E-state index < -0.39 is 11.5 Å². The smallest absolute Gasteiger partial charge is 0.312 e. The molecule has 2 unspecified atom stereocenters. The molecular weight excluding hydrogens is 302 g/mol. The summed E-state index contributed by atoms with van der Waals surface area (Å²) < 4.78 is 5.56. The second kappa shape index (κ2) is 4.86. The Morgan fingerprint density at radius 2 is 1.82 bits per heavy atom. The van der Waals surface area contributed by atoms with Crippen molar-refractivity contribution in [2.45, 2.75) is 75.3 Å². The molecule has 0 aromatic rings. The third kappa shape index (κ3) is 2.53. The molecule has 0 aliphatic heterocycles. The minimum absolute atomic E-state index is 0.166. The third-order valence-corrected chi connectivity index (χ3v) is 6.44. The maximum absolute atomic E-state index is 12.8. The minimum atomic E-state index is -0.701. The molecule has 5 rings (SSSR count). The van der Waals surface area contributed by atoms with E-state index in [1.165, 1.54) is 6.42 Å². The Hall–Kier alpha value is -0.770. The van der Waals surface area contributed by atoms with Crippen LogP contribution in [0.1, 0.15) is 58.3 Å². The van der Waals surface area contributed by atoms with Gasteiger partial charge in [-0.3, -0.25) is 9.59 Å². The molecule has 0 heterocycles. The molecule has 5 saturated carbocycles. The van der Waals surface area contributed by atoms with Crippen LogP contribution in [0.2, 0.25) is 0 Å². The first kappa shape index (κ1) is 14.8. The number of esters is 1. The van der Waals surface area contributed by atoms with Gasteiger partial charge in [0, 0.05) is 10.9 Å². The van der Waals surface area contributed by atoms with E-state index in [-0.39, 0.29) is 16.8 Å². The SMILES string of the molecule is C[C@@H](OC(=O)C12C[C@@H]3C[C@@H](CC(Cl)(C3)C1)C2)C(=O)NC1CC1. The Balaban J connectivity index is 1.44. The number of halogens is 1. The number of amides is 1. The molecule has 0 spiro atoms. The fourth-order valence-electron chi connectivity index (χ4n) is 5.27. The Labute approximate surface area is 136 Å². The molecule has 4 bridgehead atoms. The first-order valence-electron chi connectivity index (χ1n) is 8.58. The lowest BCUT2D eigenvalue weighted by Crippen LogP contribution is -2.57. The number of carbonyl (C=O) groups is 2. The van der Waals surface area contributed by atoms with E-state index in [9.17, 15) is 9.59 Å². The highest BCUT2D eigenvalue weighted by atomic mass is 35.5. The zero-order chi connectivity index (χ0) is 15.5. The molecule has 1 amide bonds. The number of nitrogens with one attached hydrogen (secondary N) is 1. The van der Waals surface area contributed by atoms with E-state index >= 15 is 0 Å². The minimum Gasteiger partial charge on any atom is -0.452 e. The lowest BCUT2D eigenvalue weighted by molar-refractivity contribution is -0.177. The summed E-state index contributed by atoms with van der Waals surface area (Å²) in [5, 5.41) is 2.90. The summed E-state index contributed by atoms with van der Waals surface area (Å²) in [4.78, 5) is 24.6. The Morgan fingerprint density at radius 3 is 2.36 bits per heavy atom. The van der Waals surface area contributed by atoms with Gasteiger partial charge in [0.15, 0.2) is 6.10 Å². The molecular formula is C17H24ClNO3. The van der Waals surface area contributed by atoms with Crippen LogP contribution in [0.3, 0.4) is 0 Å². The Kier molecular flexibility index (Phi) is 3.27. The van der Waals surface area contributed by atoms with Gasteiger partial charge in [-0.15, -0.1) is 11.6 Å². The van der Waals surface area contributed by atoms with Crippen LogP contribution in [-0.2, 0) is 14.3 Å². The van der Waals surface area contributed by atoms with Crippen molar-refractivity contribution < 1.29 is 14.3 Å². The average molecular weight is 326 g/mol. The summed E-state index contributed by atoms with van der Waals surface area (Å²) >= 11 is 6.75. The number of rotatable bonds is 4. The van der Waals surface area contributed by atoms with Gasteiger partial charge in [0.2, 0.25) is 0 Å². The van der Waals surface area contributed by atoms with Gasteiger partial charge >= 0.3 is 5.97 Å². The van der Waals surface area contributed by atoms with Crippen LogP contribution >= 0.6 is 11.6 Å². The maximum Gasteiger partial charge on any atom is 0.312 e. The summed E-state index contributed by atoms with van der Waals surface area (Å²) in [6.45, 7) is 1.67. The van der Waals surface area contributed by atoms with Gasteiger partial charge < -0.3 is 10.1 Å². The molecule has 0 aromatic carbocycles. The molecule has 122 valence electrons. The zero-order valence-electron chi connectivity index (χ0n) is 13.1. The van der Waals surface area contributed by atoms with E-state index in [0.717, 1.165) is 44.9 Å². The molecule has 0 saturated heterocycles. The van der Waals surface area contributed by atoms with Gasteiger partial charge in [-0.2, -0.15) is 0 Å². The van der Waals surface area contributed by atoms with E-state index in [1.54, 1.807) is 6.92 Å². The van der Waals surface area contributed by atoms with Gasteiger partial charge in [-0.05, 0) is 70.1 Å². The summed E-state index contributed by atoms with van der Waals surface area (Å²) in [7, 11) is 0. The lowest BCUT2D eigenvalue weighted by Gasteiger charge is -2.58. The zero-order valence-corrected chi connectivity index (χ0v) is 13.8. The van der Waals surface area contributed by atoms with Gasteiger partial charge in [0.1, 0.15) is 0 Å². The van der Waals surface area contributed by atoms with Crippen molar-refractivity contribution in [2.75, 3.05) is 0 Å². The van der Waals surface area contributed by atoms with Crippen LogP contribution in [0.25, 0.3) is 0 Å². The van der Waals surface area contributed by atoms with Gasteiger partial charge in [0.25, 0.3) is 5.91 Å². The molecule has 4 nitrogen and oxygen atoms in total. The summed E-state index contributed by atoms with van der Waals surface area (Å²) in [6, 6.07) is 0.291. The van der Waals surface area contributed by atoms with Crippen molar-refractivity contribution in [1.82, 2.24) is 5.32 Å². The molecule has 0 aromatic heterocycles. The average Bonchev–Trinajstić information content (AvgIpc) is 3.19. The quantitative estimate of drug-likeness (QED) is 0.638. The molecule has 5 fully saturated rings. The van der Waals surface area contributed by atoms with E-state index in [4.69, 9.17) is 16.3 Å². The van der Waals surface area contributed by atoms with Crippen LogP contribution in [0, 0.1) is 17.3 Å². The number of ether oxygens (including phenoxy) is 1. The van der Waals surface area contributed by atoms with Crippen molar-refractivity contribution in [2.24, 2.45) is 17.3 Å². The maximum atomic E-state index is 12.8. The van der Waals surface area contributed by atoms with Crippen LogP contribution in [0.5, 0.6) is 0 Å².